The van der Waals surface area contributed by atoms with Crippen LogP contribution in [-0.2, 0) is 6.42 Å². The fourth-order valence-corrected chi connectivity index (χ4v) is 2.65. The molecule has 90 valence electrons. The molecule has 0 atom stereocenters. The predicted octanol–water partition coefficient (Wildman–Crippen LogP) is 1.33. The second kappa shape index (κ2) is 4.07. The van der Waals surface area contributed by atoms with Gasteiger partial charge in [0, 0.05) is 18.2 Å². The molecule has 5 nitrogen and oxygen atoms in total. The van der Waals surface area contributed by atoms with Crippen LogP contribution in [-0.4, -0.2) is 25.4 Å². The number of rotatable bonds is 2. The lowest BCUT2D eigenvalue weighted by Crippen LogP contribution is -2.44. The van der Waals surface area contributed by atoms with Gasteiger partial charge in [0.1, 0.15) is 0 Å². The summed E-state index contributed by atoms with van der Waals surface area (Å²) < 4.78 is 1.79. The Morgan fingerprint density at radius 1 is 1.24 bits per heavy atom. The van der Waals surface area contributed by atoms with E-state index in [0.717, 1.165) is 30.7 Å². The lowest BCUT2D eigenvalue weighted by Gasteiger charge is -2.32. The van der Waals surface area contributed by atoms with Crippen molar-refractivity contribution in [2.75, 3.05) is 0 Å². The number of nitrogens with zero attached hydrogens (tertiary/aromatic N) is 4. The maximum absolute atomic E-state index is 6.43. The van der Waals surface area contributed by atoms with E-state index in [-0.39, 0.29) is 5.54 Å². The third-order valence-corrected chi connectivity index (χ3v) is 3.60. The van der Waals surface area contributed by atoms with Crippen molar-refractivity contribution in [1.82, 2.24) is 19.8 Å². The summed E-state index contributed by atoms with van der Waals surface area (Å²) in [6.07, 6.45) is 8.43. The Kier molecular flexibility index (Phi) is 2.55. The van der Waals surface area contributed by atoms with Crippen LogP contribution in [0.15, 0.2) is 18.3 Å². The standard InChI is InChI=1S/C12H17N5/c13-12(6-2-1-3-7-12)9-11-16-15-10-5-4-8-14-17(10)11/h4-5,8H,1-3,6-7,9,13H2. The first kappa shape index (κ1) is 10.7. The Balaban J connectivity index is 1.89. The quantitative estimate of drug-likeness (QED) is 0.846. The van der Waals surface area contributed by atoms with Crippen molar-refractivity contribution in [3.05, 3.63) is 24.2 Å². The monoisotopic (exact) mass is 231 g/mol. The molecule has 2 heterocycles. The number of aromatic nitrogens is 4. The summed E-state index contributed by atoms with van der Waals surface area (Å²) in [6, 6.07) is 3.78. The first-order valence-electron chi connectivity index (χ1n) is 6.21. The number of nitrogens with two attached hydrogens (primary N) is 1. The molecule has 2 N–H and O–H groups in total. The van der Waals surface area contributed by atoms with Crippen LogP contribution in [0.1, 0.15) is 37.9 Å². The third kappa shape index (κ3) is 2.02. The Bertz CT molecular complexity index is 512. The van der Waals surface area contributed by atoms with E-state index in [1.54, 1.807) is 10.7 Å². The van der Waals surface area contributed by atoms with Crippen LogP contribution >= 0.6 is 0 Å². The minimum Gasteiger partial charge on any atom is -0.325 e. The zero-order chi connectivity index (χ0) is 11.7. The molecule has 2 aromatic rings. The fourth-order valence-electron chi connectivity index (χ4n) is 2.65. The summed E-state index contributed by atoms with van der Waals surface area (Å²) in [7, 11) is 0. The van der Waals surface area contributed by atoms with Gasteiger partial charge in [0.2, 0.25) is 0 Å². The SMILES string of the molecule is NC1(Cc2nnc3cccnn23)CCCCC1. The molecule has 0 amide bonds. The maximum Gasteiger partial charge on any atom is 0.177 e. The van der Waals surface area contributed by atoms with Crippen LogP contribution in [0, 0.1) is 0 Å². The van der Waals surface area contributed by atoms with E-state index >= 15 is 0 Å². The summed E-state index contributed by atoms with van der Waals surface area (Å²) >= 11 is 0. The van der Waals surface area contributed by atoms with Crippen molar-refractivity contribution in [3.8, 4) is 0 Å². The average Bonchev–Trinajstić information content (AvgIpc) is 2.73. The first-order valence-corrected chi connectivity index (χ1v) is 6.21. The van der Waals surface area contributed by atoms with Gasteiger partial charge < -0.3 is 5.73 Å². The molecule has 2 aromatic heterocycles. The molecule has 1 aliphatic rings. The molecule has 0 unspecified atom stereocenters. The molecule has 0 spiro atoms. The second-order valence-corrected chi connectivity index (χ2v) is 5.01. The summed E-state index contributed by atoms with van der Waals surface area (Å²) in [5, 5.41) is 12.6. The molecule has 0 aliphatic heterocycles. The summed E-state index contributed by atoms with van der Waals surface area (Å²) in [4.78, 5) is 0. The molecule has 5 heteroatoms. The Labute approximate surface area is 100 Å². The predicted molar refractivity (Wildman–Crippen MR) is 64.5 cm³/mol. The second-order valence-electron chi connectivity index (χ2n) is 5.01. The number of fused-ring (bicyclic) bond motifs is 1. The lowest BCUT2D eigenvalue weighted by molar-refractivity contribution is 0.288. The molecule has 1 aliphatic carbocycles. The van der Waals surface area contributed by atoms with Gasteiger partial charge in [-0.3, -0.25) is 0 Å². The van der Waals surface area contributed by atoms with E-state index in [1.807, 2.05) is 12.1 Å². The van der Waals surface area contributed by atoms with Crippen LogP contribution in [0.3, 0.4) is 0 Å². The van der Waals surface area contributed by atoms with Gasteiger partial charge in [0.25, 0.3) is 0 Å². The van der Waals surface area contributed by atoms with Crippen molar-refractivity contribution in [2.45, 2.75) is 44.1 Å². The minimum atomic E-state index is -0.112. The molecule has 0 saturated heterocycles. The zero-order valence-electron chi connectivity index (χ0n) is 9.84. The van der Waals surface area contributed by atoms with E-state index in [0.29, 0.717) is 0 Å². The normalized spacial score (nSPS) is 19.6. The largest absolute Gasteiger partial charge is 0.325 e. The molecule has 17 heavy (non-hydrogen) atoms. The molecule has 0 bridgehead atoms. The average molecular weight is 231 g/mol. The highest BCUT2D eigenvalue weighted by molar-refractivity contribution is 5.34. The maximum atomic E-state index is 6.43. The van der Waals surface area contributed by atoms with Crippen LogP contribution in [0.5, 0.6) is 0 Å². The van der Waals surface area contributed by atoms with Crippen molar-refractivity contribution in [3.63, 3.8) is 0 Å². The van der Waals surface area contributed by atoms with Crippen LogP contribution in [0.2, 0.25) is 0 Å². The zero-order valence-corrected chi connectivity index (χ0v) is 9.84. The van der Waals surface area contributed by atoms with Crippen LogP contribution < -0.4 is 5.73 Å². The number of hydrogen-bond donors (Lipinski definition) is 1. The molecule has 1 saturated carbocycles. The molecular weight excluding hydrogens is 214 g/mol. The van der Waals surface area contributed by atoms with E-state index < -0.39 is 0 Å². The third-order valence-electron chi connectivity index (χ3n) is 3.60. The highest BCUT2D eigenvalue weighted by atomic mass is 15.4. The van der Waals surface area contributed by atoms with Gasteiger partial charge in [-0.1, -0.05) is 19.3 Å². The van der Waals surface area contributed by atoms with Crippen molar-refractivity contribution in [2.24, 2.45) is 5.73 Å². The molecular formula is C12H17N5. The van der Waals surface area contributed by atoms with Crippen LogP contribution in [0.4, 0.5) is 0 Å². The van der Waals surface area contributed by atoms with Gasteiger partial charge in [0.05, 0.1) is 0 Å². The first-order chi connectivity index (χ1) is 8.27. The van der Waals surface area contributed by atoms with Gasteiger partial charge in [0.15, 0.2) is 11.5 Å². The van der Waals surface area contributed by atoms with Crippen LogP contribution in [0.25, 0.3) is 5.65 Å². The van der Waals surface area contributed by atoms with Crippen molar-refractivity contribution >= 4 is 5.65 Å². The van der Waals surface area contributed by atoms with Crippen molar-refractivity contribution < 1.29 is 0 Å². The summed E-state index contributed by atoms with van der Waals surface area (Å²) in [5.74, 6) is 0.880. The van der Waals surface area contributed by atoms with Gasteiger partial charge in [-0.05, 0) is 25.0 Å². The summed E-state index contributed by atoms with van der Waals surface area (Å²) in [5.41, 5.74) is 7.11. The van der Waals surface area contributed by atoms with E-state index in [2.05, 4.69) is 15.3 Å². The fraction of sp³-hybridized carbons (Fsp3) is 0.583. The molecule has 0 radical (unpaired) electrons. The van der Waals surface area contributed by atoms with Crippen molar-refractivity contribution in [1.29, 1.82) is 0 Å². The summed E-state index contributed by atoms with van der Waals surface area (Å²) in [6.45, 7) is 0. The van der Waals surface area contributed by atoms with E-state index in [1.165, 1.54) is 19.3 Å². The van der Waals surface area contributed by atoms with Gasteiger partial charge in [-0.25, -0.2) is 0 Å². The van der Waals surface area contributed by atoms with E-state index in [9.17, 15) is 0 Å². The molecule has 3 rings (SSSR count). The van der Waals surface area contributed by atoms with Gasteiger partial charge >= 0.3 is 0 Å². The van der Waals surface area contributed by atoms with E-state index in [4.69, 9.17) is 5.73 Å². The minimum absolute atomic E-state index is 0.112. The Morgan fingerprint density at radius 2 is 2.06 bits per heavy atom. The van der Waals surface area contributed by atoms with Gasteiger partial charge in [-0.2, -0.15) is 9.61 Å². The topological polar surface area (TPSA) is 69.1 Å². The Hall–Kier alpha value is -1.49. The molecule has 0 aromatic carbocycles. The lowest BCUT2D eigenvalue weighted by atomic mass is 9.80. The highest BCUT2D eigenvalue weighted by Crippen LogP contribution is 2.28. The molecule has 1 fully saturated rings. The Morgan fingerprint density at radius 3 is 2.88 bits per heavy atom. The number of hydrogen-bond acceptors (Lipinski definition) is 4. The highest BCUT2D eigenvalue weighted by Gasteiger charge is 2.29. The van der Waals surface area contributed by atoms with Gasteiger partial charge in [-0.15, -0.1) is 10.2 Å². The smallest absolute Gasteiger partial charge is 0.177 e.